The van der Waals surface area contributed by atoms with Crippen LogP contribution in [-0.2, 0) is 9.59 Å². The van der Waals surface area contributed by atoms with Crippen LogP contribution in [0.4, 0.5) is 0 Å². The van der Waals surface area contributed by atoms with Crippen molar-refractivity contribution >= 4 is 11.6 Å². The summed E-state index contributed by atoms with van der Waals surface area (Å²) < 4.78 is 0. The molecule has 0 aromatic heterocycles. The number of allylic oxidation sites excluding steroid dienone is 3. The third kappa shape index (κ3) is 3.05. The van der Waals surface area contributed by atoms with Crippen molar-refractivity contribution in [1.29, 1.82) is 0 Å². The van der Waals surface area contributed by atoms with Gasteiger partial charge < -0.3 is 0 Å². The summed E-state index contributed by atoms with van der Waals surface area (Å²) in [7, 11) is 0. The van der Waals surface area contributed by atoms with Crippen LogP contribution in [0.2, 0.25) is 0 Å². The first-order valence-electron chi connectivity index (χ1n) is 7.45. The second kappa shape index (κ2) is 5.85. The molecule has 0 bridgehead atoms. The van der Waals surface area contributed by atoms with Crippen molar-refractivity contribution in [2.24, 2.45) is 11.3 Å². The van der Waals surface area contributed by atoms with Gasteiger partial charge in [0.1, 0.15) is 5.78 Å². The summed E-state index contributed by atoms with van der Waals surface area (Å²) in [5.41, 5.74) is 1.19. The molecular weight excluding hydrogens is 236 g/mol. The number of rotatable bonds is 5. The largest absolute Gasteiger partial charge is 0.299 e. The number of carbonyl (C=O) groups is 2. The molecule has 2 nitrogen and oxygen atoms in total. The molecule has 2 aliphatic rings. The zero-order valence-corrected chi connectivity index (χ0v) is 11.9. The molecule has 0 N–H and O–H groups in total. The molecule has 1 atom stereocenters. The van der Waals surface area contributed by atoms with Gasteiger partial charge in [-0.25, -0.2) is 0 Å². The summed E-state index contributed by atoms with van der Waals surface area (Å²) in [5.74, 6) is -0.476. The molecule has 0 aliphatic heterocycles. The van der Waals surface area contributed by atoms with Gasteiger partial charge in [0, 0.05) is 0 Å². The van der Waals surface area contributed by atoms with Gasteiger partial charge in [-0.1, -0.05) is 25.0 Å². The molecule has 0 aromatic carbocycles. The Hall–Kier alpha value is -1.18. The van der Waals surface area contributed by atoms with Crippen molar-refractivity contribution in [2.75, 3.05) is 0 Å². The summed E-state index contributed by atoms with van der Waals surface area (Å²) in [6.07, 6.45) is 12.5. The summed E-state index contributed by atoms with van der Waals surface area (Å²) >= 11 is 0. The fourth-order valence-electron chi connectivity index (χ4n) is 3.66. The van der Waals surface area contributed by atoms with Crippen LogP contribution in [0.1, 0.15) is 58.3 Å². The lowest BCUT2D eigenvalue weighted by molar-refractivity contribution is -0.129. The van der Waals surface area contributed by atoms with Gasteiger partial charge in [0.05, 0.1) is 5.92 Å². The molecule has 2 heteroatoms. The average Bonchev–Trinajstić information content (AvgIpc) is 2.83. The van der Waals surface area contributed by atoms with E-state index in [2.05, 4.69) is 12.7 Å². The molecule has 1 saturated carbocycles. The molecule has 1 fully saturated rings. The Labute approximate surface area is 116 Å². The predicted octanol–water partition coefficient (Wildman–Crippen LogP) is 4.01. The first-order chi connectivity index (χ1) is 9.08. The summed E-state index contributed by atoms with van der Waals surface area (Å²) in [6.45, 7) is 5.17. The van der Waals surface area contributed by atoms with Gasteiger partial charge in [-0.05, 0) is 56.4 Å². The molecule has 0 radical (unpaired) electrons. The topological polar surface area (TPSA) is 34.1 Å². The number of ketones is 2. The highest BCUT2D eigenvalue weighted by Gasteiger charge is 2.36. The fourth-order valence-corrected chi connectivity index (χ4v) is 3.66. The molecule has 19 heavy (non-hydrogen) atoms. The van der Waals surface area contributed by atoms with E-state index in [1.165, 1.54) is 39.0 Å². The normalized spacial score (nSPS) is 22.9. The average molecular weight is 260 g/mol. The standard InChI is InChI=1S/C17H24O2/c1-3-7-15(13(2)18)16(19)14-8-6-11-17(12-14)9-4-5-10-17/h3,12,15H,1,4-11H2,2H3. The fraction of sp³-hybridized carbons (Fsp3) is 0.647. The van der Waals surface area contributed by atoms with Gasteiger partial charge >= 0.3 is 0 Å². The van der Waals surface area contributed by atoms with E-state index in [1.807, 2.05) is 0 Å². The van der Waals surface area contributed by atoms with Gasteiger partial charge in [-0.15, -0.1) is 6.58 Å². The maximum Gasteiger partial charge on any atom is 0.169 e. The van der Waals surface area contributed by atoms with E-state index in [-0.39, 0.29) is 17.0 Å². The Kier molecular flexibility index (Phi) is 4.38. The Bertz CT molecular complexity index is 411. The van der Waals surface area contributed by atoms with E-state index in [9.17, 15) is 9.59 Å². The van der Waals surface area contributed by atoms with Crippen LogP contribution in [0.25, 0.3) is 0 Å². The molecule has 1 unspecified atom stereocenters. The first-order valence-corrected chi connectivity index (χ1v) is 7.45. The number of hydrogen-bond donors (Lipinski definition) is 0. The van der Waals surface area contributed by atoms with Crippen LogP contribution in [0.5, 0.6) is 0 Å². The SMILES string of the molecule is C=CCC(C(C)=O)C(=O)C1=CC2(CCCC2)CCC1. The minimum absolute atomic E-state index is 0.0307. The molecule has 1 spiro atoms. The Balaban J connectivity index is 2.19. The van der Waals surface area contributed by atoms with E-state index < -0.39 is 5.92 Å². The van der Waals surface area contributed by atoms with Gasteiger partial charge in [0.25, 0.3) is 0 Å². The number of hydrogen-bond acceptors (Lipinski definition) is 2. The number of Topliss-reactive ketones (excluding diaryl/α,β-unsaturated/α-hetero) is 2. The van der Waals surface area contributed by atoms with Crippen LogP contribution in [0, 0.1) is 11.3 Å². The van der Waals surface area contributed by atoms with E-state index in [0.29, 0.717) is 6.42 Å². The maximum absolute atomic E-state index is 12.5. The van der Waals surface area contributed by atoms with E-state index in [0.717, 1.165) is 18.4 Å². The van der Waals surface area contributed by atoms with Crippen LogP contribution in [0.3, 0.4) is 0 Å². The summed E-state index contributed by atoms with van der Waals surface area (Å²) in [5, 5.41) is 0. The molecule has 0 saturated heterocycles. The van der Waals surface area contributed by atoms with Crippen molar-refractivity contribution in [3.8, 4) is 0 Å². The lowest BCUT2D eigenvalue weighted by Gasteiger charge is -2.31. The molecular formula is C17H24O2. The highest BCUT2D eigenvalue weighted by molar-refractivity contribution is 6.09. The van der Waals surface area contributed by atoms with Crippen molar-refractivity contribution in [1.82, 2.24) is 0 Å². The van der Waals surface area contributed by atoms with Gasteiger partial charge in [0.15, 0.2) is 5.78 Å². The van der Waals surface area contributed by atoms with Gasteiger partial charge in [-0.2, -0.15) is 0 Å². The highest BCUT2D eigenvalue weighted by atomic mass is 16.1. The quantitative estimate of drug-likeness (QED) is 0.553. The van der Waals surface area contributed by atoms with Crippen molar-refractivity contribution in [3.63, 3.8) is 0 Å². The monoisotopic (exact) mass is 260 g/mol. The third-order valence-corrected chi connectivity index (χ3v) is 4.73. The minimum atomic E-state index is -0.500. The third-order valence-electron chi connectivity index (χ3n) is 4.73. The minimum Gasteiger partial charge on any atom is -0.299 e. The van der Waals surface area contributed by atoms with Crippen LogP contribution in [0.15, 0.2) is 24.3 Å². The molecule has 0 amide bonds. The Morgan fingerprint density at radius 1 is 1.32 bits per heavy atom. The second-order valence-corrected chi connectivity index (χ2v) is 6.14. The Morgan fingerprint density at radius 2 is 1.95 bits per heavy atom. The van der Waals surface area contributed by atoms with Crippen LogP contribution >= 0.6 is 0 Å². The van der Waals surface area contributed by atoms with Crippen molar-refractivity contribution in [2.45, 2.75) is 58.3 Å². The van der Waals surface area contributed by atoms with Crippen molar-refractivity contribution < 1.29 is 9.59 Å². The second-order valence-electron chi connectivity index (χ2n) is 6.14. The van der Waals surface area contributed by atoms with E-state index in [1.54, 1.807) is 6.08 Å². The predicted molar refractivity (Wildman–Crippen MR) is 76.8 cm³/mol. The maximum atomic E-state index is 12.5. The Morgan fingerprint density at radius 3 is 2.53 bits per heavy atom. The lowest BCUT2D eigenvalue weighted by atomic mass is 9.73. The van der Waals surface area contributed by atoms with Crippen molar-refractivity contribution in [3.05, 3.63) is 24.3 Å². The molecule has 2 rings (SSSR count). The van der Waals surface area contributed by atoms with Gasteiger partial charge in [0.2, 0.25) is 0 Å². The van der Waals surface area contributed by atoms with Crippen LogP contribution in [-0.4, -0.2) is 11.6 Å². The lowest BCUT2D eigenvalue weighted by Crippen LogP contribution is -2.27. The molecule has 104 valence electrons. The van der Waals surface area contributed by atoms with E-state index >= 15 is 0 Å². The zero-order valence-electron chi connectivity index (χ0n) is 11.9. The molecule has 0 aromatic rings. The number of carbonyl (C=O) groups excluding carboxylic acids is 2. The smallest absolute Gasteiger partial charge is 0.169 e. The highest BCUT2D eigenvalue weighted by Crippen LogP contribution is 2.47. The van der Waals surface area contributed by atoms with Gasteiger partial charge in [-0.3, -0.25) is 9.59 Å². The first kappa shape index (κ1) is 14.2. The van der Waals surface area contributed by atoms with E-state index in [4.69, 9.17) is 0 Å². The summed E-state index contributed by atoms with van der Waals surface area (Å²) in [6, 6.07) is 0. The van der Waals surface area contributed by atoms with Crippen LogP contribution < -0.4 is 0 Å². The zero-order chi connectivity index (χ0) is 13.9. The molecule has 2 aliphatic carbocycles. The summed E-state index contributed by atoms with van der Waals surface area (Å²) in [4.78, 5) is 24.2. The molecule has 0 heterocycles.